The first-order chi connectivity index (χ1) is 13.1. The van der Waals surface area contributed by atoms with Crippen molar-refractivity contribution >= 4 is 5.91 Å². The van der Waals surface area contributed by atoms with Crippen LogP contribution in [0, 0.1) is 5.92 Å². The molecular weight excluding hydrogens is 336 g/mol. The minimum atomic E-state index is -1.39. The molecule has 1 heterocycles. The fraction of sp³-hybridized carbons (Fsp3) is 0.609. The fourth-order valence-electron chi connectivity index (χ4n) is 4.21. The lowest BCUT2D eigenvalue weighted by Gasteiger charge is -2.42. The maximum atomic E-state index is 13.1. The molecular formula is C23H34N2O2. The monoisotopic (exact) mass is 370 g/mol. The van der Waals surface area contributed by atoms with Gasteiger partial charge in [-0.15, -0.1) is 0 Å². The molecule has 4 nitrogen and oxygen atoms in total. The Kier molecular flexibility index (Phi) is 7.08. The fourth-order valence-corrected chi connectivity index (χ4v) is 4.21. The normalized spacial score (nSPS) is 21.7. The SMILES string of the molecule is CC/C=C\CCN1CCC(NC(=O)C(O)(c2ccccc2)C2CCC2)CC1. The van der Waals surface area contributed by atoms with Gasteiger partial charge in [-0.05, 0) is 44.1 Å². The maximum absolute atomic E-state index is 13.1. The molecule has 0 spiro atoms. The molecule has 2 aliphatic rings. The molecule has 3 rings (SSSR count). The van der Waals surface area contributed by atoms with Crippen LogP contribution in [0.15, 0.2) is 42.5 Å². The Labute approximate surface area is 163 Å². The van der Waals surface area contributed by atoms with Crippen LogP contribution in [0.4, 0.5) is 0 Å². The number of hydrogen-bond acceptors (Lipinski definition) is 3. The average molecular weight is 371 g/mol. The first-order valence-corrected chi connectivity index (χ1v) is 10.6. The summed E-state index contributed by atoms with van der Waals surface area (Å²) in [6.45, 7) is 5.27. The van der Waals surface area contributed by atoms with E-state index < -0.39 is 5.60 Å². The van der Waals surface area contributed by atoms with E-state index in [4.69, 9.17) is 0 Å². The van der Waals surface area contributed by atoms with E-state index in [1.54, 1.807) is 0 Å². The highest BCUT2D eigenvalue weighted by atomic mass is 16.3. The molecule has 1 saturated carbocycles. The molecule has 1 unspecified atom stereocenters. The van der Waals surface area contributed by atoms with Gasteiger partial charge >= 0.3 is 0 Å². The number of nitrogens with zero attached hydrogens (tertiary/aromatic N) is 1. The molecule has 27 heavy (non-hydrogen) atoms. The van der Waals surface area contributed by atoms with Gasteiger partial charge in [0.1, 0.15) is 0 Å². The van der Waals surface area contributed by atoms with Crippen LogP contribution >= 0.6 is 0 Å². The standard InChI is InChI=1S/C23H34N2O2/c1-2-3-4-8-16-25-17-14-21(15-18-25)24-22(26)23(27,20-12-9-13-20)19-10-6-5-7-11-19/h3-7,10-11,20-21,27H,2,8-9,12-18H2,1H3,(H,24,26)/b4-3-. The molecule has 1 atom stereocenters. The zero-order valence-corrected chi connectivity index (χ0v) is 16.6. The number of aliphatic hydroxyl groups is 1. The van der Waals surface area contributed by atoms with Gasteiger partial charge in [0.05, 0.1) is 0 Å². The van der Waals surface area contributed by atoms with Gasteiger partial charge in [0.15, 0.2) is 5.60 Å². The van der Waals surface area contributed by atoms with Crippen molar-refractivity contribution in [2.75, 3.05) is 19.6 Å². The highest BCUT2D eigenvalue weighted by molar-refractivity contribution is 5.87. The Balaban J connectivity index is 1.55. The molecule has 2 fully saturated rings. The third-order valence-corrected chi connectivity index (χ3v) is 6.19. The van der Waals surface area contributed by atoms with Crippen molar-refractivity contribution in [3.05, 3.63) is 48.0 Å². The van der Waals surface area contributed by atoms with Gasteiger partial charge < -0.3 is 15.3 Å². The van der Waals surface area contributed by atoms with Crippen LogP contribution in [0.25, 0.3) is 0 Å². The largest absolute Gasteiger partial charge is 0.375 e. The van der Waals surface area contributed by atoms with Crippen molar-refractivity contribution in [1.29, 1.82) is 0 Å². The Morgan fingerprint density at radius 3 is 2.48 bits per heavy atom. The predicted octanol–water partition coefficient (Wildman–Crippen LogP) is 3.61. The number of likely N-dealkylation sites (tertiary alicyclic amines) is 1. The Hall–Kier alpha value is -1.65. The predicted molar refractivity (Wildman–Crippen MR) is 109 cm³/mol. The number of allylic oxidation sites excluding steroid dienone is 1. The molecule has 1 amide bonds. The van der Waals surface area contributed by atoms with Crippen LogP contribution in [0.3, 0.4) is 0 Å². The highest BCUT2D eigenvalue weighted by Crippen LogP contribution is 2.42. The number of rotatable bonds is 8. The molecule has 148 valence electrons. The highest BCUT2D eigenvalue weighted by Gasteiger charge is 2.48. The topological polar surface area (TPSA) is 52.6 Å². The molecule has 0 aromatic heterocycles. The molecule has 1 saturated heterocycles. The van der Waals surface area contributed by atoms with Gasteiger partial charge in [0.2, 0.25) is 0 Å². The molecule has 0 radical (unpaired) electrons. The van der Waals surface area contributed by atoms with Crippen LogP contribution in [-0.2, 0) is 10.4 Å². The first-order valence-electron chi connectivity index (χ1n) is 10.6. The summed E-state index contributed by atoms with van der Waals surface area (Å²) < 4.78 is 0. The Bertz CT molecular complexity index is 619. The van der Waals surface area contributed by atoms with Crippen molar-refractivity contribution in [2.24, 2.45) is 5.92 Å². The summed E-state index contributed by atoms with van der Waals surface area (Å²) >= 11 is 0. The van der Waals surface area contributed by atoms with Crippen LogP contribution in [-0.4, -0.2) is 41.6 Å². The van der Waals surface area contributed by atoms with E-state index in [2.05, 4.69) is 29.3 Å². The number of hydrogen-bond donors (Lipinski definition) is 2. The second kappa shape index (κ2) is 9.52. The average Bonchev–Trinajstić information content (AvgIpc) is 2.65. The van der Waals surface area contributed by atoms with E-state index in [0.29, 0.717) is 0 Å². The third-order valence-electron chi connectivity index (χ3n) is 6.19. The second-order valence-electron chi connectivity index (χ2n) is 8.02. The lowest BCUT2D eigenvalue weighted by atomic mass is 9.69. The van der Waals surface area contributed by atoms with Crippen molar-refractivity contribution in [3.63, 3.8) is 0 Å². The summed E-state index contributed by atoms with van der Waals surface area (Å²) in [6, 6.07) is 9.65. The maximum Gasteiger partial charge on any atom is 0.257 e. The van der Waals surface area contributed by atoms with Crippen molar-refractivity contribution in [1.82, 2.24) is 10.2 Å². The zero-order valence-electron chi connectivity index (χ0n) is 16.6. The van der Waals surface area contributed by atoms with Crippen molar-refractivity contribution < 1.29 is 9.90 Å². The number of nitrogens with one attached hydrogen (secondary N) is 1. The summed E-state index contributed by atoms with van der Waals surface area (Å²) in [4.78, 5) is 15.6. The summed E-state index contributed by atoms with van der Waals surface area (Å²) in [5.41, 5.74) is -0.658. The second-order valence-corrected chi connectivity index (χ2v) is 8.02. The van der Waals surface area contributed by atoms with Gasteiger partial charge in [-0.1, -0.05) is 55.8 Å². The van der Waals surface area contributed by atoms with E-state index in [9.17, 15) is 9.90 Å². The Morgan fingerprint density at radius 1 is 1.19 bits per heavy atom. The van der Waals surface area contributed by atoms with Gasteiger partial charge in [0, 0.05) is 31.6 Å². The number of amides is 1. The lowest BCUT2D eigenvalue weighted by Crippen LogP contribution is -2.55. The van der Waals surface area contributed by atoms with E-state index in [1.807, 2.05) is 30.3 Å². The van der Waals surface area contributed by atoms with Crippen LogP contribution in [0.2, 0.25) is 0 Å². The van der Waals surface area contributed by atoms with Gasteiger partial charge in [-0.25, -0.2) is 0 Å². The summed E-state index contributed by atoms with van der Waals surface area (Å²) in [7, 11) is 0. The van der Waals surface area contributed by atoms with Crippen LogP contribution in [0.1, 0.15) is 57.4 Å². The number of carbonyl (C=O) groups excluding carboxylic acids is 1. The quantitative estimate of drug-likeness (QED) is 0.687. The molecule has 2 N–H and O–H groups in total. The minimum absolute atomic E-state index is 0.0327. The number of benzene rings is 1. The summed E-state index contributed by atoms with van der Waals surface area (Å²) in [6.07, 6.45) is 11.5. The van der Waals surface area contributed by atoms with E-state index in [0.717, 1.165) is 70.1 Å². The van der Waals surface area contributed by atoms with E-state index in [-0.39, 0.29) is 17.9 Å². The Morgan fingerprint density at radius 2 is 1.89 bits per heavy atom. The van der Waals surface area contributed by atoms with Crippen LogP contribution in [0.5, 0.6) is 0 Å². The van der Waals surface area contributed by atoms with Crippen LogP contribution < -0.4 is 5.32 Å². The summed E-state index contributed by atoms with van der Waals surface area (Å²) in [5.74, 6) is -0.173. The van der Waals surface area contributed by atoms with Crippen molar-refractivity contribution in [3.8, 4) is 0 Å². The molecule has 1 aliphatic carbocycles. The van der Waals surface area contributed by atoms with E-state index >= 15 is 0 Å². The molecule has 1 aliphatic heterocycles. The first kappa shape index (κ1) is 20.1. The van der Waals surface area contributed by atoms with Crippen molar-refractivity contribution in [2.45, 2.75) is 63.5 Å². The summed E-state index contributed by atoms with van der Waals surface area (Å²) in [5, 5.41) is 14.6. The number of piperidine rings is 1. The number of carbonyl (C=O) groups is 1. The van der Waals surface area contributed by atoms with Gasteiger partial charge in [0.25, 0.3) is 5.91 Å². The molecule has 1 aromatic carbocycles. The molecule has 1 aromatic rings. The molecule has 0 bridgehead atoms. The van der Waals surface area contributed by atoms with Gasteiger partial charge in [-0.2, -0.15) is 0 Å². The third kappa shape index (κ3) is 4.80. The molecule has 4 heteroatoms. The van der Waals surface area contributed by atoms with Gasteiger partial charge in [-0.3, -0.25) is 4.79 Å². The van der Waals surface area contributed by atoms with E-state index in [1.165, 1.54) is 0 Å². The minimum Gasteiger partial charge on any atom is -0.375 e. The zero-order chi connectivity index (χ0) is 19.1. The smallest absolute Gasteiger partial charge is 0.257 e. The lowest BCUT2D eigenvalue weighted by molar-refractivity contribution is -0.153.